The highest BCUT2D eigenvalue weighted by Crippen LogP contribution is 1.94. The first-order valence-corrected chi connectivity index (χ1v) is 2.49. The first-order chi connectivity index (χ1) is 5.07. The Balaban J connectivity index is 3.73. The zero-order chi connectivity index (χ0) is 8.85. The second-order valence-corrected chi connectivity index (χ2v) is 1.59. The topological polar surface area (TPSA) is 113 Å². The van der Waals surface area contributed by atoms with Gasteiger partial charge in [-0.15, -0.1) is 0 Å². The van der Waals surface area contributed by atoms with Crippen LogP contribution in [-0.4, -0.2) is 33.5 Å². The third-order valence-electron chi connectivity index (χ3n) is 0.759. The molecule has 0 fully saturated rings. The Morgan fingerprint density at radius 2 is 2.00 bits per heavy atom. The number of aliphatic hydroxyl groups excluding tert-OH is 1. The van der Waals surface area contributed by atoms with Gasteiger partial charge in [0.1, 0.15) is 0 Å². The molecular formula is C4H6O7. The predicted octanol–water partition coefficient (Wildman–Crippen LogP) is -1.23. The highest BCUT2D eigenvalue weighted by molar-refractivity contribution is 5.80. The lowest BCUT2D eigenvalue weighted by Gasteiger charge is -2.02. The molecule has 7 heteroatoms. The lowest BCUT2D eigenvalue weighted by Crippen LogP contribution is -2.25. The van der Waals surface area contributed by atoms with Crippen molar-refractivity contribution in [1.29, 1.82) is 0 Å². The van der Waals surface area contributed by atoms with E-state index in [1.807, 2.05) is 0 Å². The fraction of sp³-hybridized carbons (Fsp3) is 0.500. The van der Waals surface area contributed by atoms with Gasteiger partial charge < -0.3 is 10.2 Å². The maximum atomic E-state index is 10.3. The smallest absolute Gasteiger partial charge is 0.374 e. The number of aliphatic hydroxyl groups is 1. The number of aliphatic carboxylic acids is 1. The molecule has 0 aromatic rings. The highest BCUT2D eigenvalue weighted by Gasteiger charge is 2.20. The molecule has 0 aromatic carbocycles. The second-order valence-electron chi connectivity index (χ2n) is 1.59. The van der Waals surface area contributed by atoms with Crippen LogP contribution < -0.4 is 0 Å². The lowest BCUT2D eigenvalue weighted by molar-refractivity contribution is -0.464. The minimum Gasteiger partial charge on any atom is -0.481 e. The summed E-state index contributed by atoms with van der Waals surface area (Å²) in [5.41, 5.74) is 0. The van der Waals surface area contributed by atoms with Gasteiger partial charge in [-0.2, -0.15) is 0 Å². The summed E-state index contributed by atoms with van der Waals surface area (Å²) in [7, 11) is 0. The van der Waals surface area contributed by atoms with Crippen LogP contribution in [0, 0.1) is 0 Å². The summed E-state index contributed by atoms with van der Waals surface area (Å²) >= 11 is 0. The molecule has 1 atom stereocenters. The van der Waals surface area contributed by atoms with Crippen LogP contribution in [0.2, 0.25) is 0 Å². The predicted molar refractivity (Wildman–Crippen MR) is 28.1 cm³/mol. The van der Waals surface area contributed by atoms with E-state index >= 15 is 0 Å². The van der Waals surface area contributed by atoms with Gasteiger partial charge in [-0.05, 0) is 5.04 Å². The highest BCUT2D eigenvalue weighted by atomic mass is 17.5. The fourth-order valence-electron chi connectivity index (χ4n) is 0.341. The average Bonchev–Trinajstić information content (AvgIpc) is 1.86. The van der Waals surface area contributed by atoms with Crippen molar-refractivity contribution in [2.24, 2.45) is 0 Å². The summed E-state index contributed by atoms with van der Waals surface area (Å²) < 4.78 is 0. The van der Waals surface area contributed by atoms with Crippen LogP contribution in [0.25, 0.3) is 0 Å². The van der Waals surface area contributed by atoms with E-state index in [-0.39, 0.29) is 0 Å². The number of hydrogen-bond acceptors (Lipinski definition) is 6. The van der Waals surface area contributed by atoms with Crippen molar-refractivity contribution < 1.29 is 35.0 Å². The third kappa shape index (κ3) is 4.25. The van der Waals surface area contributed by atoms with E-state index in [1.54, 1.807) is 0 Å². The monoisotopic (exact) mass is 166 g/mol. The maximum absolute atomic E-state index is 10.3. The molecule has 0 saturated carbocycles. The van der Waals surface area contributed by atoms with E-state index in [2.05, 4.69) is 9.93 Å². The van der Waals surface area contributed by atoms with Gasteiger partial charge in [0.2, 0.25) is 0 Å². The third-order valence-corrected chi connectivity index (χ3v) is 0.759. The first kappa shape index (κ1) is 9.82. The first-order valence-electron chi connectivity index (χ1n) is 2.49. The van der Waals surface area contributed by atoms with Gasteiger partial charge in [-0.1, -0.05) is 0 Å². The van der Waals surface area contributed by atoms with Crippen molar-refractivity contribution in [3.8, 4) is 0 Å². The number of carboxylic acid groups (broad SMARTS) is 1. The minimum atomic E-state index is -1.83. The largest absolute Gasteiger partial charge is 0.481 e. The second kappa shape index (κ2) is 4.61. The molecule has 0 aliphatic rings. The van der Waals surface area contributed by atoms with E-state index in [9.17, 15) is 9.59 Å². The summed E-state index contributed by atoms with van der Waals surface area (Å²) in [5.74, 6) is -2.73. The molecule has 0 heterocycles. The van der Waals surface area contributed by atoms with Crippen LogP contribution in [0.4, 0.5) is 0 Å². The molecule has 0 radical (unpaired) electrons. The minimum absolute atomic E-state index is 0.803. The summed E-state index contributed by atoms with van der Waals surface area (Å²) in [6.45, 7) is 0. The molecule has 3 N–H and O–H groups in total. The number of carbonyl (C=O) groups excluding carboxylic acids is 1. The summed E-state index contributed by atoms with van der Waals surface area (Å²) in [5, 5.41) is 27.0. The van der Waals surface area contributed by atoms with Gasteiger partial charge in [-0.3, -0.25) is 9.68 Å². The van der Waals surface area contributed by atoms with Gasteiger partial charge >= 0.3 is 11.9 Å². The average molecular weight is 166 g/mol. The number of carbonyl (C=O) groups is 2. The standard InChI is InChI=1S/C4H6O7/c5-2(1-3(6)7)4(8)10-11-9/h2,5,9H,1H2,(H,6,7). The van der Waals surface area contributed by atoms with E-state index in [0.717, 1.165) is 0 Å². The van der Waals surface area contributed by atoms with Gasteiger partial charge in [-0.25, -0.2) is 10.1 Å². The van der Waals surface area contributed by atoms with E-state index in [4.69, 9.17) is 15.5 Å². The van der Waals surface area contributed by atoms with Crippen LogP contribution >= 0.6 is 0 Å². The number of carboxylic acids is 1. The number of hydrogen-bond donors (Lipinski definition) is 3. The summed E-state index contributed by atoms with van der Waals surface area (Å²) in [6.07, 6.45) is -2.64. The van der Waals surface area contributed by atoms with Gasteiger partial charge in [0.05, 0.1) is 6.42 Å². The molecule has 7 nitrogen and oxygen atoms in total. The normalized spacial score (nSPS) is 12.2. The Bertz CT molecular complexity index is 153. The molecule has 0 aliphatic heterocycles. The molecular weight excluding hydrogens is 160 g/mol. The molecule has 0 amide bonds. The summed E-state index contributed by atoms with van der Waals surface area (Å²) in [6, 6.07) is 0. The van der Waals surface area contributed by atoms with Crippen LogP contribution in [0.3, 0.4) is 0 Å². The van der Waals surface area contributed by atoms with Crippen LogP contribution in [0.5, 0.6) is 0 Å². The van der Waals surface area contributed by atoms with Crippen LogP contribution in [-0.2, 0) is 19.5 Å². The molecule has 0 aliphatic carbocycles. The Hall–Kier alpha value is -1.18. The molecule has 0 aromatic heterocycles. The summed E-state index contributed by atoms with van der Waals surface area (Å²) in [4.78, 5) is 23.5. The van der Waals surface area contributed by atoms with Crippen molar-refractivity contribution in [3.63, 3.8) is 0 Å². The molecule has 1 unspecified atom stereocenters. The van der Waals surface area contributed by atoms with Crippen molar-refractivity contribution >= 4 is 11.9 Å². The maximum Gasteiger partial charge on any atom is 0.374 e. The molecule has 64 valence electrons. The zero-order valence-corrected chi connectivity index (χ0v) is 5.26. The van der Waals surface area contributed by atoms with Gasteiger partial charge in [0.15, 0.2) is 6.10 Å². The SMILES string of the molecule is O=C(O)CC(O)C(=O)OOO. The van der Waals surface area contributed by atoms with E-state index in [1.165, 1.54) is 0 Å². The zero-order valence-electron chi connectivity index (χ0n) is 5.26. The van der Waals surface area contributed by atoms with Crippen molar-refractivity contribution in [3.05, 3.63) is 0 Å². The molecule has 0 rings (SSSR count). The van der Waals surface area contributed by atoms with E-state index in [0.29, 0.717) is 0 Å². The molecule has 0 bridgehead atoms. The van der Waals surface area contributed by atoms with Gasteiger partial charge in [0, 0.05) is 0 Å². The van der Waals surface area contributed by atoms with E-state index < -0.39 is 24.5 Å². The molecule has 0 saturated heterocycles. The Morgan fingerprint density at radius 1 is 1.45 bits per heavy atom. The molecule has 11 heavy (non-hydrogen) atoms. The Kier molecular flexibility index (Phi) is 4.11. The number of rotatable bonds is 4. The Morgan fingerprint density at radius 3 is 2.36 bits per heavy atom. The van der Waals surface area contributed by atoms with Crippen molar-refractivity contribution in [1.82, 2.24) is 0 Å². The van der Waals surface area contributed by atoms with Crippen molar-refractivity contribution in [2.75, 3.05) is 0 Å². The van der Waals surface area contributed by atoms with Gasteiger partial charge in [0.25, 0.3) is 0 Å². The Labute approximate surface area is 60.6 Å². The molecule has 0 spiro atoms. The fourth-order valence-corrected chi connectivity index (χ4v) is 0.341. The van der Waals surface area contributed by atoms with Crippen LogP contribution in [0.1, 0.15) is 6.42 Å². The quantitative estimate of drug-likeness (QED) is 0.354. The van der Waals surface area contributed by atoms with Crippen LogP contribution in [0.15, 0.2) is 0 Å². The van der Waals surface area contributed by atoms with Crippen molar-refractivity contribution in [2.45, 2.75) is 12.5 Å². The lowest BCUT2D eigenvalue weighted by atomic mass is 10.3.